The third kappa shape index (κ3) is 18.1. The quantitative estimate of drug-likeness (QED) is 0.0268. The minimum absolute atomic E-state index is 0.0333. The van der Waals surface area contributed by atoms with Gasteiger partial charge in [0.05, 0.1) is 44.5 Å². The van der Waals surface area contributed by atoms with E-state index in [-0.39, 0.29) is 60.4 Å². The van der Waals surface area contributed by atoms with E-state index in [1.54, 1.807) is 19.2 Å². The lowest BCUT2D eigenvalue weighted by Crippen LogP contribution is -2.51. The van der Waals surface area contributed by atoms with Gasteiger partial charge >= 0.3 is 0 Å². The summed E-state index contributed by atoms with van der Waals surface area (Å²) in [5.41, 5.74) is 5.09. The first kappa shape index (κ1) is 63.6. The number of aromatic nitrogens is 2. The number of nitrogens with one attached hydrogen (secondary N) is 6. The molecule has 1 saturated carbocycles. The van der Waals surface area contributed by atoms with Crippen molar-refractivity contribution in [2.75, 3.05) is 104 Å². The van der Waals surface area contributed by atoms with Crippen LogP contribution < -0.4 is 46.3 Å². The van der Waals surface area contributed by atoms with Crippen LogP contribution in [-0.4, -0.2) is 159 Å². The highest BCUT2D eigenvalue weighted by Gasteiger charge is 2.36. The van der Waals surface area contributed by atoms with Crippen LogP contribution in [0.25, 0.3) is 0 Å². The van der Waals surface area contributed by atoms with Gasteiger partial charge in [0.15, 0.2) is 0 Å². The third-order valence-corrected chi connectivity index (χ3v) is 17.3. The number of halogens is 1. The largest absolute Gasteiger partial charge is 0.497 e. The molecule has 0 radical (unpaired) electrons. The fraction of sp³-hybridized carbons (Fsp3) is 0.578. The van der Waals surface area contributed by atoms with E-state index in [1.807, 2.05) is 71.3 Å². The van der Waals surface area contributed by atoms with Gasteiger partial charge in [-0.1, -0.05) is 87.4 Å². The minimum atomic E-state index is -0.611. The predicted molar refractivity (Wildman–Crippen MR) is 327 cm³/mol. The van der Waals surface area contributed by atoms with Crippen molar-refractivity contribution in [1.29, 1.82) is 0 Å². The number of piperidine rings is 1. The predicted octanol–water partition coefficient (Wildman–Crippen LogP) is 6.75. The third-order valence-electron chi connectivity index (χ3n) is 17.1. The first-order valence-corrected chi connectivity index (χ1v) is 31.2. The number of amides is 5. The van der Waals surface area contributed by atoms with E-state index in [1.165, 1.54) is 6.33 Å². The van der Waals surface area contributed by atoms with Crippen molar-refractivity contribution >= 4 is 47.0 Å². The van der Waals surface area contributed by atoms with Crippen molar-refractivity contribution in [2.24, 2.45) is 5.92 Å². The molecular weight excluding hydrogens is 1090 g/mol. The summed E-state index contributed by atoms with van der Waals surface area (Å²) in [6.45, 7) is 11.7. The Labute approximate surface area is 501 Å². The first-order chi connectivity index (χ1) is 40.9. The molecule has 5 atom stereocenters. The summed E-state index contributed by atoms with van der Waals surface area (Å²) in [7, 11) is 1.62. The lowest BCUT2D eigenvalue weighted by Gasteiger charge is -2.38. The van der Waals surface area contributed by atoms with Gasteiger partial charge in [-0.15, -0.1) is 0 Å². The lowest BCUT2D eigenvalue weighted by molar-refractivity contribution is -0.133. The molecule has 3 aromatic carbocycles. The molecule has 1 unspecified atom stereocenters. The molecular formula is C64H90ClN11O8. The van der Waals surface area contributed by atoms with E-state index in [2.05, 4.69) is 53.7 Å². The summed E-state index contributed by atoms with van der Waals surface area (Å²) in [5.74, 6) is 1.81. The molecule has 2 aliphatic heterocycles. The minimum Gasteiger partial charge on any atom is -0.497 e. The van der Waals surface area contributed by atoms with Crippen molar-refractivity contribution in [3.63, 3.8) is 0 Å². The molecule has 84 heavy (non-hydrogen) atoms. The van der Waals surface area contributed by atoms with Crippen molar-refractivity contribution in [1.82, 2.24) is 51.7 Å². The summed E-state index contributed by atoms with van der Waals surface area (Å²) in [6, 6.07) is 20.2. The van der Waals surface area contributed by atoms with Crippen LogP contribution in [0.3, 0.4) is 0 Å². The number of rotatable bonds is 30. The van der Waals surface area contributed by atoms with Crippen LogP contribution in [0.1, 0.15) is 159 Å². The molecule has 2 saturated heterocycles. The highest BCUT2D eigenvalue weighted by atomic mass is 35.5. The van der Waals surface area contributed by atoms with E-state index < -0.39 is 18.1 Å². The van der Waals surface area contributed by atoms with E-state index in [0.29, 0.717) is 107 Å². The van der Waals surface area contributed by atoms with Crippen LogP contribution in [0.4, 0.5) is 5.82 Å². The van der Waals surface area contributed by atoms with Crippen LogP contribution in [0.2, 0.25) is 5.02 Å². The van der Waals surface area contributed by atoms with Crippen LogP contribution >= 0.6 is 11.6 Å². The van der Waals surface area contributed by atoms with Crippen molar-refractivity contribution in [2.45, 2.75) is 134 Å². The highest BCUT2D eigenvalue weighted by Crippen LogP contribution is 2.43. The van der Waals surface area contributed by atoms with Gasteiger partial charge < -0.3 is 61.2 Å². The number of piperazine rings is 1. The van der Waals surface area contributed by atoms with Crippen LogP contribution in [0.5, 0.6) is 11.5 Å². The van der Waals surface area contributed by atoms with Gasteiger partial charge in [0.2, 0.25) is 23.6 Å². The van der Waals surface area contributed by atoms with Crippen LogP contribution in [0, 0.1) is 5.92 Å². The van der Waals surface area contributed by atoms with Crippen LogP contribution in [0.15, 0.2) is 73.1 Å². The molecule has 5 amide bonds. The number of fused-ring (bicyclic) bond motifs is 1. The Balaban J connectivity index is 0.687. The SMILES string of the molecule is CCOc1cc(OC)ccc1CNCC(=O)N1CCCC(c2cccc(C(=O)N[C@@H](C(=O)NCCCCCCCNCC(=O)NCCNC[C@@H](C(=O)N3CCN(c4ncnc5c4[C@H](C)C[C@H]5O)CC3)c3ccc(Cl)cc3)C3CCCCC3)c2)C1. The van der Waals surface area contributed by atoms with Gasteiger partial charge in [0, 0.05) is 106 Å². The zero-order chi connectivity index (χ0) is 59.2. The number of hydrogen-bond donors (Lipinski definition) is 7. The number of carbonyl (C=O) groups is 5. The molecule has 3 fully saturated rings. The Morgan fingerprint density at radius 2 is 1.55 bits per heavy atom. The maximum absolute atomic E-state index is 14.1. The monoisotopic (exact) mass is 1180 g/mol. The Bertz CT molecular complexity index is 2780. The molecule has 456 valence electrons. The number of unbranched alkanes of at least 4 members (excludes halogenated alkanes) is 4. The molecule has 20 heteroatoms. The number of hydrogen-bond acceptors (Lipinski definition) is 14. The van der Waals surface area contributed by atoms with Gasteiger partial charge in [0.1, 0.15) is 29.7 Å². The van der Waals surface area contributed by atoms with E-state index in [0.717, 1.165) is 117 Å². The number of methoxy groups -OCH3 is 1. The van der Waals surface area contributed by atoms with Gasteiger partial charge in [-0.3, -0.25) is 24.0 Å². The number of likely N-dealkylation sites (tertiary alicyclic amines) is 1. The number of aliphatic hydroxyl groups excluding tert-OH is 1. The zero-order valence-corrected chi connectivity index (χ0v) is 50.4. The van der Waals surface area contributed by atoms with Gasteiger partial charge in [-0.05, 0) is 112 Å². The maximum Gasteiger partial charge on any atom is 0.251 e. The van der Waals surface area contributed by atoms with Crippen molar-refractivity contribution in [3.05, 3.63) is 112 Å². The Morgan fingerprint density at radius 3 is 2.32 bits per heavy atom. The molecule has 0 spiro atoms. The second-order valence-corrected chi connectivity index (χ2v) is 23.5. The second-order valence-electron chi connectivity index (χ2n) is 23.0. The normalized spacial score (nSPS) is 18.8. The highest BCUT2D eigenvalue weighted by molar-refractivity contribution is 6.30. The Hall–Kier alpha value is -6.38. The molecule has 2 aliphatic carbocycles. The van der Waals surface area contributed by atoms with Gasteiger partial charge in [-0.2, -0.15) is 0 Å². The molecule has 1 aromatic heterocycles. The molecule has 8 rings (SSSR count). The van der Waals surface area contributed by atoms with E-state index >= 15 is 0 Å². The van der Waals surface area contributed by atoms with Crippen LogP contribution in [-0.2, 0) is 25.7 Å². The summed E-state index contributed by atoms with van der Waals surface area (Å²) in [5, 5.41) is 30.3. The van der Waals surface area contributed by atoms with Crippen molar-refractivity contribution < 1.29 is 38.6 Å². The number of anilines is 1. The lowest BCUT2D eigenvalue weighted by atomic mass is 9.83. The molecule has 4 aromatic rings. The smallest absolute Gasteiger partial charge is 0.251 e. The molecule has 3 heterocycles. The Kier molecular flexibility index (Phi) is 24.8. The molecule has 0 bridgehead atoms. The molecule has 7 N–H and O–H groups in total. The molecule has 19 nitrogen and oxygen atoms in total. The van der Waals surface area contributed by atoms with Gasteiger partial charge in [0.25, 0.3) is 5.91 Å². The summed E-state index contributed by atoms with van der Waals surface area (Å²) >= 11 is 6.22. The number of nitrogens with zero attached hydrogens (tertiary/aromatic N) is 5. The average Bonchev–Trinajstić information content (AvgIpc) is 3.87. The van der Waals surface area contributed by atoms with Gasteiger partial charge in [-0.25, -0.2) is 9.97 Å². The van der Waals surface area contributed by atoms with Crippen molar-refractivity contribution in [3.8, 4) is 11.5 Å². The number of aliphatic hydroxyl groups is 1. The topological polar surface area (TPSA) is 232 Å². The summed E-state index contributed by atoms with van der Waals surface area (Å²) in [6.07, 6.45) is 13.1. The summed E-state index contributed by atoms with van der Waals surface area (Å²) in [4.78, 5) is 82.9. The molecule has 4 aliphatic rings. The number of ether oxygens (including phenoxy) is 2. The second kappa shape index (κ2) is 32.8. The van der Waals surface area contributed by atoms with E-state index in [9.17, 15) is 29.1 Å². The standard InChI is InChI=1S/C64H90ClN11O8/c1-4-84-55-37-52(83-3)25-22-49(55)38-68-41-57(79)76-30-14-19-50(42-76)47-17-13-18-48(36-47)62(80)73-59(46-15-9-8-10-16-46)63(81)70-27-12-7-5-6-11-26-66-40-56(78)69-29-28-67-39-53(45-20-23-51(65)24-21-45)64(82)75-33-31-74(32-34-75)61-58-44(2)35-54(77)60(58)71-43-72-61/h13,17-18,20-25,36-37,43-44,46,50,53-54,59,66-68,77H,4-12,14-16,19,26-35,38-42H2,1-3H3,(H,69,78)(H,70,81)(H,73,80)/t44-,50?,53-,54-,59-/m1/s1. The Morgan fingerprint density at radius 1 is 0.774 bits per heavy atom. The average molecular weight is 1180 g/mol. The fourth-order valence-electron chi connectivity index (χ4n) is 12.4. The summed E-state index contributed by atoms with van der Waals surface area (Å²) < 4.78 is 11.2. The fourth-order valence-corrected chi connectivity index (χ4v) is 12.5. The van der Waals surface area contributed by atoms with E-state index in [4.69, 9.17) is 21.1 Å². The number of carbonyl (C=O) groups excluding carboxylic acids is 5. The number of benzene rings is 3. The maximum atomic E-state index is 14.1. The first-order valence-electron chi connectivity index (χ1n) is 30.9. The zero-order valence-electron chi connectivity index (χ0n) is 49.6.